The standard InChI is InChI=1S/C19H30N4O2.HI/c1-14-7-5-6-8-17(14)15(2)22-19(21-12-18(24)23(3)4)20-11-16-9-10-25-13-16;/h5-8,15-16H,9-13H2,1-4H3,(H2,20,21,22);1H. The maximum Gasteiger partial charge on any atom is 0.243 e. The Morgan fingerprint density at radius 1 is 1.38 bits per heavy atom. The third-order valence-electron chi connectivity index (χ3n) is 4.46. The molecular formula is C19H31IN4O2. The van der Waals surface area contributed by atoms with Gasteiger partial charge in [-0.3, -0.25) is 4.79 Å². The van der Waals surface area contributed by atoms with Gasteiger partial charge in [0.1, 0.15) is 6.54 Å². The fraction of sp³-hybridized carbons (Fsp3) is 0.579. The van der Waals surface area contributed by atoms with Gasteiger partial charge in [0.15, 0.2) is 5.96 Å². The Labute approximate surface area is 173 Å². The van der Waals surface area contributed by atoms with Crippen molar-refractivity contribution in [2.24, 2.45) is 10.9 Å². The number of likely N-dealkylation sites (N-methyl/N-ethyl adjacent to an activating group) is 1. The average molecular weight is 474 g/mol. The molecule has 2 N–H and O–H groups in total. The Morgan fingerprint density at radius 3 is 2.73 bits per heavy atom. The lowest BCUT2D eigenvalue weighted by Crippen LogP contribution is -2.42. The van der Waals surface area contributed by atoms with Crippen molar-refractivity contribution in [3.63, 3.8) is 0 Å². The summed E-state index contributed by atoms with van der Waals surface area (Å²) in [5, 5.41) is 6.78. The van der Waals surface area contributed by atoms with Crippen molar-refractivity contribution in [3.8, 4) is 0 Å². The maximum atomic E-state index is 11.9. The summed E-state index contributed by atoms with van der Waals surface area (Å²) >= 11 is 0. The van der Waals surface area contributed by atoms with E-state index in [9.17, 15) is 4.79 Å². The number of hydrogen-bond acceptors (Lipinski definition) is 3. The molecule has 1 saturated heterocycles. The molecule has 1 aliphatic heterocycles. The molecule has 2 rings (SSSR count). The summed E-state index contributed by atoms with van der Waals surface area (Å²) in [6.45, 7) is 6.73. The molecule has 1 amide bonds. The van der Waals surface area contributed by atoms with Crippen LogP contribution in [0.15, 0.2) is 29.3 Å². The van der Waals surface area contributed by atoms with Crippen LogP contribution in [0.1, 0.15) is 30.5 Å². The average Bonchev–Trinajstić information content (AvgIpc) is 3.10. The molecule has 6 nitrogen and oxygen atoms in total. The quantitative estimate of drug-likeness (QED) is 0.378. The third-order valence-corrected chi connectivity index (χ3v) is 4.46. The van der Waals surface area contributed by atoms with E-state index in [2.05, 4.69) is 41.6 Å². The van der Waals surface area contributed by atoms with E-state index in [4.69, 9.17) is 4.74 Å². The second-order valence-corrected chi connectivity index (χ2v) is 6.79. The van der Waals surface area contributed by atoms with Crippen LogP contribution in [0.3, 0.4) is 0 Å². The van der Waals surface area contributed by atoms with Gasteiger partial charge < -0.3 is 20.3 Å². The predicted molar refractivity (Wildman–Crippen MR) is 116 cm³/mol. The Morgan fingerprint density at radius 2 is 2.12 bits per heavy atom. The maximum absolute atomic E-state index is 11.9. The first-order valence-corrected chi connectivity index (χ1v) is 8.85. The predicted octanol–water partition coefficient (Wildman–Crippen LogP) is 2.33. The number of guanidine groups is 1. The van der Waals surface area contributed by atoms with E-state index in [0.29, 0.717) is 11.9 Å². The van der Waals surface area contributed by atoms with Crippen LogP contribution in [0.5, 0.6) is 0 Å². The SMILES string of the molecule is Cc1ccccc1C(C)NC(=NCC(=O)N(C)C)NCC1CCOC1.I. The molecule has 1 aromatic rings. The van der Waals surface area contributed by atoms with Gasteiger partial charge in [-0.1, -0.05) is 24.3 Å². The van der Waals surface area contributed by atoms with Crippen LogP contribution in [0, 0.1) is 12.8 Å². The Kier molecular flexibility index (Phi) is 9.93. The summed E-state index contributed by atoms with van der Waals surface area (Å²) in [6, 6.07) is 8.38. The van der Waals surface area contributed by atoms with E-state index in [1.165, 1.54) is 11.1 Å². The van der Waals surface area contributed by atoms with Gasteiger partial charge in [-0.25, -0.2) is 4.99 Å². The Balaban J connectivity index is 0.00000338. The summed E-state index contributed by atoms with van der Waals surface area (Å²) in [5.74, 6) is 1.14. The number of aliphatic imine (C=N–C) groups is 1. The molecular weight excluding hydrogens is 443 g/mol. The summed E-state index contributed by atoms with van der Waals surface area (Å²) in [4.78, 5) is 17.9. The molecule has 1 heterocycles. The molecule has 0 spiro atoms. The molecule has 0 aliphatic carbocycles. The third kappa shape index (κ3) is 7.11. The largest absolute Gasteiger partial charge is 0.381 e. The topological polar surface area (TPSA) is 66.0 Å². The van der Waals surface area contributed by atoms with Crippen LogP contribution in [-0.2, 0) is 9.53 Å². The number of nitrogens with zero attached hydrogens (tertiary/aromatic N) is 2. The lowest BCUT2D eigenvalue weighted by atomic mass is 10.0. The highest BCUT2D eigenvalue weighted by Gasteiger charge is 2.17. The number of carbonyl (C=O) groups is 1. The van der Waals surface area contributed by atoms with Gasteiger partial charge in [0.25, 0.3) is 0 Å². The zero-order valence-electron chi connectivity index (χ0n) is 16.1. The van der Waals surface area contributed by atoms with Crippen LogP contribution >= 0.6 is 24.0 Å². The van der Waals surface area contributed by atoms with Crippen molar-refractivity contribution in [1.29, 1.82) is 0 Å². The first-order valence-electron chi connectivity index (χ1n) is 8.85. The van der Waals surface area contributed by atoms with Crippen molar-refractivity contribution in [3.05, 3.63) is 35.4 Å². The van der Waals surface area contributed by atoms with Gasteiger partial charge in [0.05, 0.1) is 12.6 Å². The minimum absolute atomic E-state index is 0. The molecule has 1 aliphatic rings. The van der Waals surface area contributed by atoms with Crippen LogP contribution in [-0.4, -0.2) is 57.2 Å². The molecule has 0 radical (unpaired) electrons. The monoisotopic (exact) mass is 474 g/mol. The molecule has 26 heavy (non-hydrogen) atoms. The van der Waals surface area contributed by atoms with E-state index in [-0.39, 0.29) is 42.5 Å². The first-order chi connectivity index (χ1) is 12.0. The molecule has 146 valence electrons. The van der Waals surface area contributed by atoms with Gasteiger partial charge in [-0.15, -0.1) is 24.0 Å². The second-order valence-electron chi connectivity index (χ2n) is 6.79. The normalized spacial score (nSPS) is 18.0. The minimum Gasteiger partial charge on any atom is -0.381 e. The number of benzene rings is 1. The number of nitrogens with one attached hydrogen (secondary N) is 2. The number of hydrogen-bond donors (Lipinski definition) is 2. The van der Waals surface area contributed by atoms with Crippen molar-refractivity contribution in [2.45, 2.75) is 26.3 Å². The Bertz CT molecular complexity index is 601. The van der Waals surface area contributed by atoms with E-state index >= 15 is 0 Å². The van der Waals surface area contributed by atoms with Gasteiger partial charge in [-0.05, 0) is 31.4 Å². The van der Waals surface area contributed by atoms with Gasteiger partial charge in [0, 0.05) is 33.2 Å². The summed E-state index contributed by atoms with van der Waals surface area (Å²) < 4.78 is 5.42. The first kappa shape index (κ1) is 22.7. The zero-order valence-corrected chi connectivity index (χ0v) is 18.4. The summed E-state index contributed by atoms with van der Waals surface area (Å²) in [5.41, 5.74) is 2.45. The van der Waals surface area contributed by atoms with Crippen molar-refractivity contribution in [2.75, 3.05) is 40.4 Å². The fourth-order valence-electron chi connectivity index (χ4n) is 2.78. The number of carbonyl (C=O) groups excluding carboxylic acids is 1. The van der Waals surface area contributed by atoms with Crippen molar-refractivity contribution < 1.29 is 9.53 Å². The van der Waals surface area contributed by atoms with Gasteiger partial charge >= 0.3 is 0 Å². The van der Waals surface area contributed by atoms with Crippen LogP contribution in [0.25, 0.3) is 0 Å². The zero-order chi connectivity index (χ0) is 18.2. The van der Waals surface area contributed by atoms with E-state index < -0.39 is 0 Å². The van der Waals surface area contributed by atoms with E-state index in [0.717, 1.165) is 26.2 Å². The van der Waals surface area contributed by atoms with E-state index in [1.807, 2.05) is 12.1 Å². The second kappa shape index (κ2) is 11.4. The molecule has 1 aromatic carbocycles. The molecule has 2 atom stereocenters. The number of halogens is 1. The number of rotatable bonds is 6. The fourth-order valence-corrected chi connectivity index (χ4v) is 2.78. The van der Waals surface area contributed by atoms with Crippen LogP contribution < -0.4 is 10.6 Å². The minimum atomic E-state index is -0.0196. The lowest BCUT2D eigenvalue weighted by Gasteiger charge is -2.21. The molecule has 2 unspecified atom stereocenters. The lowest BCUT2D eigenvalue weighted by molar-refractivity contribution is -0.127. The van der Waals surface area contributed by atoms with Gasteiger partial charge in [-0.2, -0.15) is 0 Å². The van der Waals surface area contributed by atoms with Crippen molar-refractivity contribution in [1.82, 2.24) is 15.5 Å². The summed E-state index contributed by atoms with van der Waals surface area (Å²) in [6.07, 6.45) is 1.06. The molecule has 0 aromatic heterocycles. The van der Waals surface area contributed by atoms with Crippen molar-refractivity contribution >= 4 is 35.8 Å². The highest BCUT2D eigenvalue weighted by atomic mass is 127. The number of amides is 1. The molecule has 7 heteroatoms. The van der Waals surface area contributed by atoms with Crippen LogP contribution in [0.2, 0.25) is 0 Å². The smallest absolute Gasteiger partial charge is 0.243 e. The number of ether oxygens (including phenoxy) is 1. The highest BCUT2D eigenvalue weighted by Crippen LogP contribution is 2.16. The molecule has 1 fully saturated rings. The van der Waals surface area contributed by atoms with E-state index in [1.54, 1.807) is 19.0 Å². The van der Waals surface area contributed by atoms with Crippen LogP contribution in [0.4, 0.5) is 0 Å². The summed E-state index contributed by atoms with van der Waals surface area (Å²) in [7, 11) is 3.48. The molecule has 0 saturated carbocycles. The Hall–Kier alpha value is -1.35. The molecule has 0 bridgehead atoms. The van der Waals surface area contributed by atoms with Gasteiger partial charge in [0.2, 0.25) is 5.91 Å². The highest BCUT2D eigenvalue weighted by molar-refractivity contribution is 14.0. The number of aryl methyl sites for hydroxylation is 1.